The van der Waals surface area contributed by atoms with Crippen molar-refractivity contribution in [3.8, 4) is 0 Å². The SMILES string of the molecule is CCN1CCC(N2CC(C)C(C(=O)O)C2)CC1. The van der Waals surface area contributed by atoms with Crippen LogP contribution in [-0.4, -0.2) is 59.6 Å². The maximum Gasteiger partial charge on any atom is 0.308 e. The summed E-state index contributed by atoms with van der Waals surface area (Å²) < 4.78 is 0. The molecule has 4 heteroatoms. The van der Waals surface area contributed by atoms with Crippen LogP contribution < -0.4 is 0 Å². The zero-order valence-corrected chi connectivity index (χ0v) is 10.9. The first kappa shape index (κ1) is 12.8. The molecule has 2 aliphatic heterocycles. The van der Waals surface area contributed by atoms with Crippen LogP contribution in [0.25, 0.3) is 0 Å². The molecule has 1 N–H and O–H groups in total. The van der Waals surface area contributed by atoms with Crippen LogP contribution in [0.5, 0.6) is 0 Å². The second kappa shape index (κ2) is 5.36. The molecule has 2 atom stereocenters. The van der Waals surface area contributed by atoms with E-state index in [9.17, 15) is 4.79 Å². The van der Waals surface area contributed by atoms with E-state index in [1.807, 2.05) is 0 Å². The van der Waals surface area contributed by atoms with E-state index in [2.05, 4.69) is 23.6 Å². The molecule has 2 fully saturated rings. The molecule has 0 saturated carbocycles. The molecule has 0 radical (unpaired) electrons. The second-order valence-corrected chi connectivity index (χ2v) is 5.54. The molecule has 0 aliphatic carbocycles. The van der Waals surface area contributed by atoms with Gasteiger partial charge in [0.25, 0.3) is 0 Å². The summed E-state index contributed by atoms with van der Waals surface area (Å²) in [6.45, 7) is 9.48. The van der Waals surface area contributed by atoms with Gasteiger partial charge >= 0.3 is 5.97 Å². The van der Waals surface area contributed by atoms with Gasteiger partial charge in [-0.05, 0) is 38.4 Å². The summed E-state index contributed by atoms with van der Waals surface area (Å²) in [6, 6.07) is 0.615. The third kappa shape index (κ3) is 2.80. The van der Waals surface area contributed by atoms with Gasteiger partial charge in [-0.3, -0.25) is 9.69 Å². The lowest BCUT2D eigenvalue weighted by molar-refractivity contribution is -0.142. The van der Waals surface area contributed by atoms with Gasteiger partial charge in [-0.1, -0.05) is 13.8 Å². The fraction of sp³-hybridized carbons (Fsp3) is 0.923. The van der Waals surface area contributed by atoms with E-state index in [1.165, 1.54) is 25.9 Å². The van der Waals surface area contributed by atoms with Gasteiger partial charge in [0.2, 0.25) is 0 Å². The molecule has 2 heterocycles. The first-order chi connectivity index (χ1) is 8.11. The minimum atomic E-state index is -0.619. The van der Waals surface area contributed by atoms with E-state index in [1.54, 1.807) is 0 Å². The van der Waals surface area contributed by atoms with Crippen LogP contribution in [0.15, 0.2) is 0 Å². The van der Waals surface area contributed by atoms with Crippen LogP contribution in [0.4, 0.5) is 0 Å². The predicted octanol–water partition coefficient (Wildman–Crippen LogP) is 1.12. The average molecular weight is 240 g/mol. The molecule has 4 nitrogen and oxygen atoms in total. The monoisotopic (exact) mass is 240 g/mol. The van der Waals surface area contributed by atoms with Gasteiger partial charge in [-0.25, -0.2) is 0 Å². The van der Waals surface area contributed by atoms with Crippen molar-refractivity contribution in [1.29, 1.82) is 0 Å². The Hall–Kier alpha value is -0.610. The van der Waals surface area contributed by atoms with Crippen LogP contribution in [0.3, 0.4) is 0 Å². The Labute approximate surface area is 104 Å². The summed E-state index contributed by atoms with van der Waals surface area (Å²) in [5, 5.41) is 9.15. The molecular weight excluding hydrogens is 216 g/mol. The topological polar surface area (TPSA) is 43.8 Å². The van der Waals surface area contributed by atoms with Crippen molar-refractivity contribution in [3.63, 3.8) is 0 Å². The fourth-order valence-electron chi connectivity index (χ4n) is 3.22. The van der Waals surface area contributed by atoms with Crippen LogP contribution in [-0.2, 0) is 4.79 Å². The number of carboxylic acids is 1. The Morgan fingerprint density at radius 1 is 1.29 bits per heavy atom. The van der Waals surface area contributed by atoms with Crippen LogP contribution in [0.2, 0.25) is 0 Å². The van der Waals surface area contributed by atoms with Gasteiger partial charge in [0.1, 0.15) is 0 Å². The summed E-state index contributed by atoms with van der Waals surface area (Å²) in [6.07, 6.45) is 2.40. The predicted molar refractivity (Wildman–Crippen MR) is 67.0 cm³/mol. The van der Waals surface area contributed by atoms with E-state index in [0.29, 0.717) is 12.0 Å². The maximum absolute atomic E-state index is 11.1. The normalized spacial score (nSPS) is 33.1. The number of carbonyl (C=O) groups is 1. The summed E-state index contributed by atoms with van der Waals surface area (Å²) in [7, 11) is 0. The number of likely N-dealkylation sites (tertiary alicyclic amines) is 2. The number of piperidine rings is 1. The number of carboxylic acid groups (broad SMARTS) is 1. The Kier molecular flexibility index (Phi) is 4.05. The molecule has 98 valence electrons. The first-order valence-electron chi connectivity index (χ1n) is 6.81. The Morgan fingerprint density at radius 2 is 1.94 bits per heavy atom. The largest absolute Gasteiger partial charge is 0.481 e. The Bertz CT molecular complexity index is 275. The van der Waals surface area contributed by atoms with Crippen molar-refractivity contribution < 1.29 is 9.90 Å². The molecular formula is C13H24N2O2. The Morgan fingerprint density at radius 3 is 2.41 bits per heavy atom. The van der Waals surface area contributed by atoms with E-state index in [0.717, 1.165) is 19.6 Å². The minimum Gasteiger partial charge on any atom is -0.481 e. The first-order valence-corrected chi connectivity index (χ1v) is 6.81. The van der Waals surface area contributed by atoms with Crippen LogP contribution >= 0.6 is 0 Å². The van der Waals surface area contributed by atoms with Crippen molar-refractivity contribution in [1.82, 2.24) is 9.80 Å². The number of rotatable bonds is 3. The lowest BCUT2D eigenvalue weighted by Gasteiger charge is -2.36. The quantitative estimate of drug-likeness (QED) is 0.803. The van der Waals surface area contributed by atoms with E-state index < -0.39 is 5.97 Å². The van der Waals surface area contributed by atoms with Gasteiger partial charge in [0, 0.05) is 19.1 Å². The number of aliphatic carboxylic acids is 1. The van der Waals surface area contributed by atoms with Gasteiger partial charge in [0.15, 0.2) is 0 Å². The van der Waals surface area contributed by atoms with Gasteiger partial charge in [-0.15, -0.1) is 0 Å². The highest BCUT2D eigenvalue weighted by atomic mass is 16.4. The highest BCUT2D eigenvalue weighted by Gasteiger charge is 2.38. The Balaban J connectivity index is 1.86. The van der Waals surface area contributed by atoms with Crippen LogP contribution in [0, 0.1) is 11.8 Å². The summed E-state index contributed by atoms with van der Waals surface area (Å²) in [4.78, 5) is 16.0. The van der Waals surface area contributed by atoms with E-state index in [4.69, 9.17) is 5.11 Å². The molecule has 0 spiro atoms. The number of hydrogen-bond acceptors (Lipinski definition) is 3. The molecule has 17 heavy (non-hydrogen) atoms. The van der Waals surface area contributed by atoms with Gasteiger partial charge in [0.05, 0.1) is 5.92 Å². The summed E-state index contributed by atoms with van der Waals surface area (Å²) in [5.41, 5.74) is 0. The third-order valence-electron chi connectivity index (χ3n) is 4.48. The van der Waals surface area contributed by atoms with Crippen molar-refractivity contribution in [2.24, 2.45) is 11.8 Å². The van der Waals surface area contributed by atoms with E-state index >= 15 is 0 Å². The zero-order chi connectivity index (χ0) is 12.4. The van der Waals surface area contributed by atoms with Crippen molar-refractivity contribution in [3.05, 3.63) is 0 Å². The lowest BCUT2D eigenvalue weighted by atomic mass is 9.99. The zero-order valence-electron chi connectivity index (χ0n) is 10.9. The molecule has 0 aromatic heterocycles. The maximum atomic E-state index is 11.1. The average Bonchev–Trinajstić information content (AvgIpc) is 2.71. The van der Waals surface area contributed by atoms with Crippen LogP contribution in [0.1, 0.15) is 26.7 Å². The lowest BCUT2D eigenvalue weighted by Crippen LogP contribution is -2.44. The number of hydrogen-bond donors (Lipinski definition) is 1. The highest BCUT2D eigenvalue weighted by Crippen LogP contribution is 2.28. The molecule has 2 unspecified atom stereocenters. The van der Waals surface area contributed by atoms with Gasteiger partial charge < -0.3 is 10.0 Å². The van der Waals surface area contributed by atoms with Crippen molar-refractivity contribution in [2.75, 3.05) is 32.7 Å². The molecule has 2 aliphatic rings. The molecule has 0 bridgehead atoms. The summed E-state index contributed by atoms with van der Waals surface area (Å²) in [5.74, 6) is -0.470. The molecule has 0 aromatic rings. The molecule has 2 saturated heterocycles. The van der Waals surface area contributed by atoms with Crippen molar-refractivity contribution >= 4 is 5.97 Å². The molecule has 0 amide bonds. The second-order valence-electron chi connectivity index (χ2n) is 5.54. The van der Waals surface area contributed by atoms with Gasteiger partial charge in [-0.2, -0.15) is 0 Å². The smallest absolute Gasteiger partial charge is 0.308 e. The standard InChI is InChI=1S/C13H24N2O2/c1-3-14-6-4-11(5-7-14)15-8-10(2)12(9-15)13(16)17/h10-12H,3-9H2,1-2H3,(H,16,17). The minimum absolute atomic E-state index is 0.154. The third-order valence-corrected chi connectivity index (χ3v) is 4.48. The number of nitrogens with zero attached hydrogens (tertiary/aromatic N) is 2. The van der Waals surface area contributed by atoms with Crippen molar-refractivity contribution in [2.45, 2.75) is 32.7 Å². The highest BCUT2D eigenvalue weighted by molar-refractivity contribution is 5.71. The molecule has 0 aromatic carbocycles. The van der Waals surface area contributed by atoms with E-state index in [-0.39, 0.29) is 5.92 Å². The molecule has 2 rings (SSSR count). The fourth-order valence-corrected chi connectivity index (χ4v) is 3.22. The summed E-state index contributed by atoms with van der Waals surface area (Å²) >= 11 is 0.